The second-order valence-electron chi connectivity index (χ2n) is 7.38. The Hall–Kier alpha value is -2.80. The third-order valence-corrected chi connectivity index (χ3v) is 5.21. The van der Waals surface area contributed by atoms with E-state index in [1.165, 1.54) is 6.42 Å². The molecule has 29 heavy (non-hydrogen) atoms. The minimum Gasteiger partial charge on any atom is -0.508 e. The van der Waals surface area contributed by atoms with Crippen LogP contribution in [0.15, 0.2) is 48.5 Å². The molecule has 1 aliphatic rings. The number of phenolic OH excluding ortho intramolecular Hbond substituents is 1. The molecular weight excluding hydrogens is 379 g/mol. The minimum absolute atomic E-state index is 0.191. The molecule has 4 rings (SSSR count). The Bertz CT molecular complexity index is 1010. The predicted octanol–water partition coefficient (Wildman–Crippen LogP) is 5.69. The van der Waals surface area contributed by atoms with Crippen molar-refractivity contribution in [3.05, 3.63) is 59.8 Å². The molecule has 152 valence electrons. The Morgan fingerprint density at radius 2 is 1.76 bits per heavy atom. The van der Waals surface area contributed by atoms with Gasteiger partial charge in [-0.2, -0.15) is 13.2 Å². The van der Waals surface area contributed by atoms with Gasteiger partial charge >= 0.3 is 6.18 Å². The van der Waals surface area contributed by atoms with Crippen LogP contribution in [0, 0.1) is 0 Å². The first kappa shape index (κ1) is 19.5. The number of rotatable bonds is 4. The van der Waals surface area contributed by atoms with Crippen LogP contribution in [0.3, 0.4) is 0 Å². The molecule has 1 aromatic heterocycles. The highest BCUT2D eigenvalue weighted by Crippen LogP contribution is 2.35. The Balaban J connectivity index is 1.66. The average molecular weight is 401 g/mol. The summed E-state index contributed by atoms with van der Waals surface area (Å²) in [6.07, 6.45) is -1.03. The number of aromatic nitrogens is 1. The number of pyridine rings is 1. The number of hydrogen-bond donors (Lipinski definition) is 2. The van der Waals surface area contributed by atoms with E-state index in [1.54, 1.807) is 42.5 Å². The monoisotopic (exact) mass is 401 g/mol. The number of likely N-dealkylation sites (tertiary alicyclic amines) is 1. The van der Waals surface area contributed by atoms with Crippen molar-refractivity contribution in [2.45, 2.75) is 32.0 Å². The molecule has 1 fully saturated rings. The molecule has 0 aliphatic carbocycles. The van der Waals surface area contributed by atoms with Crippen molar-refractivity contribution in [2.24, 2.45) is 0 Å². The summed E-state index contributed by atoms with van der Waals surface area (Å²) in [6.45, 7) is 2.59. The molecule has 1 aliphatic heterocycles. The Morgan fingerprint density at radius 1 is 1.00 bits per heavy atom. The van der Waals surface area contributed by atoms with Gasteiger partial charge in [-0.15, -0.1) is 0 Å². The van der Waals surface area contributed by atoms with Gasteiger partial charge in [0.2, 0.25) is 0 Å². The minimum atomic E-state index is -4.53. The maximum atomic E-state index is 13.3. The van der Waals surface area contributed by atoms with Crippen molar-refractivity contribution in [1.82, 2.24) is 9.88 Å². The van der Waals surface area contributed by atoms with Crippen LogP contribution in [0.2, 0.25) is 0 Å². The van der Waals surface area contributed by atoms with Crippen LogP contribution < -0.4 is 5.32 Å². The van der Waals surface area contributed by atoms with Gasteiger partial charge in [0.05, 0.1) is 11.2 Å². The van der Waals surface area contributed by atoms with E-state index in [-0.39, 0.29) is 11.3 Å². The number of nitrogens with one attached hydrogen (secondary N) is 1. The molecule has 0 amide bonds. The van der Waals surface area contributed by atoms with E-state index in [1.807, 2.05) is 0 Å². The maximum Gasteiger partial charge on any atom is 0.433 e. The summed E-state index contributed by atoms with van der Waals surface area (Å²) in [5, 5.41) is 13.9. The van der Waals surface area contributed by atoms with Crippen LogP contribution in [-0.2, 0) is 12.7 Å². The smallest absolute Gasteiger partial charge is 0.433 e. The van der Waals surface area contributed by atoms with Gasteiger partial charge in [-0.05, 0) is 56.3 Å². The third-order valence-electron chi connectivity index (χ3n) is 5.21. The quantitative estimate of drug-likeness (QED) is 0.552. The summed E-state index contributed by atoms with van der Waals surface area (Å²) >= 11 is 0. The molecule has 0 unspecified atom stereocenters. The lowest BCUT2D eigenvalue weighted by molar-refractivity contribution is -0.140. The summed E-state index contributed by atoms with van der Waals surface area (Å²) in [6, 6.07) is 12.8. The summed E-state index contributed by atoms with van der Waals surface area (Å²) in [5.41, 5.74) is 1.05. The second kappa shape index (κ2) is 7.91. The molecule has 4 nitrogen and oxygen atoms in total. The first-order valence-corrected chi connectivity index (χ1v) is 9.68. The fourth-order valence-electron chi connectivity index (χ4n) is 3.73. The van der Waals surface area contributed by atoms with Gasteiger partial charge < -0.3 is 10.4 Å². The van der Waals surface area contributed by atoms with Gasteiger partial charge in [-0.3, -0.25) is 4.90 Å². The normalized spacial score (nSPS) is 15.6. The molecule has 3 aromatic rings. The van der Waals surface area contributed by atoms with Crippen LogP contribution in [-0.4, -0.2) is 28.1 Å². The zero-order chi connectivity index (χ0) is 20.4. The van der Waals surface area contributed by atoms with Crippen LogP contribution >= 0.6 is 0 Å². The lowest BCUT2D eigenvalue weighted by Gasteiger charge is -2.26. The number of fused-ring (bicyclic) bond motifs is 1. The first-order chi connectivity index (χ1) is 13.9. The Labute approximate surface area is 167 Å². The van der Waals surface area contributed by atoms with E-state index < -0.39 is 11.9 Å². The van der Waals surface area contributed by atoms with Crippen molar-refractivity contribution in [3.8, 4) is 5.75 Å². The lowest BCUT2D eigenvalue weighted by atomic mass is 10.1. The topological polar surface area (TPSA) is 48.4 Å². The molecule has 7 heteroatoms. The van der Waals surface area contributed by atoms with Crippen molar-refractivity contribution < 1.29 is 18.3 Å². The molecule has 2 aromatic carbocycles. The number of phenols is 1. The van der Waals surface area contributed by atoms with Crippen LogP contribution in [0.5, 0.6) is 5.75 Å². The van der Waals surface area contributed by atoms with Crippen molar-refractivity contribution in [3.63, 3.8) is 0 Å². The highest BCUT2D eigenvalue weighted by molar-refractivity contribution is 5.93. The molecule has 0 radical (unpaired) electrons. The standard InChI is InChI=1S/C22H22F3N3O/c23-22(24,25)21-13-19(17-6-2-3-7-18(17)27-21)26-16-8-9-20(29)15(12-16)14-28-10-4-1-5-11-28/h2-3,6-9,12-13,29H,1,4-5,10-11,14H2,(H,26,27). The molecule has 0 saturated carbocycles. The summed E-state index contributed by atoms with van der Waals surface area (Å²) in [4.78, 5) is 6.03. The number of piperidine rings is 1. The largest absolute Gasteiger partial charge is 0.508 e. The number of nitrogens with zero attached hydrogens (tertiary/aromatic N) is 2. The van der Waals surface area contributed by atoms with E-state index in [2.05, 4.69) is 15.2 Å². The summed E-state index contributed by atoms with van der Waals surface area (Å²) < 4.78 is 39.8. The van der Waals surface area contributed by atoms with Gasteiger partial charge in [0.25, 0.3) is 0 Å². The summed E-state index contributed by atoms with van der Waals surface area (Å²) in [7, 11) is 0. The fraction of sp³-hybridized carbons (Fsp3) is 0.318. The SMILES string of the molecule is Oc1ccc(Nc2cc(C(F)(F)F)nc3ccccc23)cc1CN1CCCCC1. The second-order valence-corrected chi connectivity index (χ2v) is 7.38. The van der Waals surface area contributed by atoms with Gasteiger partial charge in [-0.1, -0.05) is 24.6 Å². The fourth-order valence-corrected chi connectivity index (χ4v) is 3.73. The van der Waals surface area contributed by atoms with Crippen molar-refractivity contribution in [1.29, 1.82) is 0 Å². The summed E-state index contributed by atoms with van der Waals surface area (Å²) in [5.74, 6) is 0.191. The van der Waals surface area contributed by atoms with Crippen molar-refractivity contribution >= 4 is 22.3 Å². The molecular formula is C22H22F3N3O. The predicted molar refractivity (Wildman–Crippen MR) is 107 cm³/mol. The van der Waals surface area contributed by atoms with E-state index >= 15 is 0 Å². The van der Waals surface area contributed by atoms with Gasteiger partial charge in [0.15, 0.2) is 0 Å². The van der Waals surface area contributed by atoms with Crippen LogP contribution in [0.1, 0.15) is 30.5 Å². The number of benzene rings is 2. The number of hydrogen-bond acceptors (Lipinski definition) is 4. The Kier molecular flexibility index (Phi) is 5.32. The molecule has 1 saturated heterocycles. The van der Waals surface area contributed by atoms with Crippen molar-refractivity contribution in [2.75, 3.05) is 18.4 Å². The Morgan fingerprint density at radius 3 is 2.52 bits per heavy atom. The number of halogens is 3. The highest BCUT2D eigenvalue weighted by atomic mass is 19.4. The van der Waals surface area contributed by atoms with E-state index in [0.29, 0.717) is 23.3 Å². The highest BCUT2D eigenvalue weighted by Gasteiger charge is 2.33. The van der Waals surface area contributed by atoms with Gasteiger partial charge in [0, 0.05) is 23.2 Å². The molecule has 2 N–H and O–H groups in total. The average Bonchev–Trinajstić information content (AvgIpc) is 2.70. The maximum absolute atomic E-state index is 13.3. The molecule has 0 bridgehead atoms. The first-order valence-electron chi connectivity index (χ1n) is 9.68. The number of alkyl halides is 3. The van der Waals surface area contributed by atoms with Crippen LogP contribution in [0.4, 0.5) is 24.5 Å². The lowest BCUT2D eigenvalue weighted by Crippen LogP contribution is -2.29. The molecule has 0 atom stereocenters. The van der Waals surface area contributed by atoms with E-state index in [4.69, 9.17) is 0 Å². The van der Waals surface area contributed by atoms with Crippen LogP contribution in [0.25, 0.3) is 10.9 Å². The van der Waals surface area contributed by atoms with E-state index in [0.717, 1.165) is 37.6 Å². The van der Waals surface area contributed by atoms with E-state index in [9.17, 15) is 18.3 Å². The number of anilines is 2. The van der Waals surface area contributed by atoms with Gasteiger partial charge in [0.1, 0.15) is 11.4 Å². The van der Waals surface area contributed by atoms with Gasteiger partial charge in [-0.25, -0.2) is 4.98 Å². The third kappa shape index (κ3) is 4.45. The molecule has 0 spiro atoms. The number of aromatic hydroxyl groups is 1. The zero-order valence-electron chi connectivity index (χ0n) is 15.8. The number of para-hydroxylation sites is 1. The molecule has 2 heterocycles. The zero-order valence-corrected chi connectivity index (χ0v) is 15.8.